The zero-order valence-corrected chi connectivity index (χ0v) is 11.5. The van der Waals surface area contributed by atoms with Crippen molar-refractivity contribution >= 4 is 26.0 Å². The van der Waals surface area contributed by atoms with Crippen LogP contribution in [-0.2, 0) is 10.0 Å². The van der Waals surface area contributed by atoms with Crippen molar-refractivity contribution in [2.45, 2.75) is 11.3 Å². The number of hydrogen-bond acceptors (Lipinski definition) is 2. The van der Waals surface area contributed by atoms with E-state index in [1.165, 1.54) is 28.6 Å². The van der Waals surface area contributed by atoms with Gasteiger partial charge in [-0.3, -0.25) is 0 Å². The normalized spacial score (nSPS) is 21.9. The summed E-state index contributed by atoms with van der Waals surface area (Å²) in [5, 5.41) is 0.774. The Bertz CT molecular complexity index is 506. The Kier molecular flexibility index (Phi) is 3.85. The third-order valence-electron chi connectivity index (χ3n) is 2.92. The van der Waals surface area contributed by atoms with Crippen LogP contribution in [0.5, 0.6) is 0 Å². The van der Waals surface area contributed by atoms with Gasteiger partial charge >= 0.3 is 0 Å². The van der Waals surface area contributed by atoms with Gasteiger partial charge in [-0.15, -0.1) is 0 Å². The molecule has 1 aliphatic heterocycles. The Morgan fingerprint density at radius 1 is 1.41 bits per heavy atom. The van der Waals surface area contributed by atoms with Gasteiger partial charge in [0.05, 0.1) is 0 Å². The van der Waals surface area contributed by atoms with Gasteiger partial charge in [0, 0.05) is 18.4 Å². The first-order valence-corrected chi connectivity index (χ1v) is 7.92. The number of sulfonamides is 1. The Hall–Kier alpha value is -0.460. The molecule has 1 saturated heterocycles. The fraction of sp³-hybridized carbons (Fsp3) is 0.455. The molecule has 1 atom stereocenters. The van der Waals surface area contributed by atoms with Crippen LogP contribution in [0, 0.1) is 11.7 Å². The van der Waals surface area contributed by atoms with E-state index in [9.17, 15) is 12.8 Å². The van der Waals surface area contributed by atoms with E-state index in [2.05, 4.69) is 15.9 Å². The molecule has 1 fully saturated rings. The number of hydrogen-bond donors (Lipinski definition) is 0. The van der Waals surface area contributed by atoms with E-state index in [0.717, 1.165) is 11.8 Å². The van der Waals surface area contributed by atoms with Crippen molar-refractivity contribution in [2.75, 3.05) is 18.4 Å². The van der Waals surface area contributed by atoms with Crippen molar-refractivity contribution in [3.8, 4) is 0 Å². The van der Waals surface area contributed by atoms with Crippen molar-refractivity contribution in [3.05, 3.63) is 30.1 Å². The number of rotatable bonds is 3. The maximum atomic E-state index is 13.5. The highest BCUT2D eigenvalue weighted by Crippen LogP contribution is 2.26. The van der Waals surface area contributed by atoms with Crippen LogP contribution in [0.2, 0.25) is 0 Å². The van der Waals surface area contributed by atoms with Crippen molar-refractivity contribution in [2.24, 2.45) is 5.92 Å². The Balaban J connectivity index is 2.29. The molecule has 94 valence electrons. The van der Waals surface area contributed by atoms with Crippen LogP contribution in [0.4, 0.5) is 4.39 Å². The van der Waals surface area contributed by atoms with E-state index in [1.54, 1.807) is 0 Å². The van der Waals surface area contributed by atoms with Gasteiger partial charge in [-0.25, -0.2) is 12.8 Å². The molecule has 1 heterocycles. The van der Waals surface area contributed by atoms with Gasteiger partial charge < -0.3 is 0 Å². The summed E-state index contributed by atoms with van der Waals surface area (Å²) in [6.07, 6.45) is 0.818. The van der Waals surface area contributed by atoms with E-state index in [-0.39, 0.29) is 4.90 Å². The first-order chi connectivity index (χ1) is 8.05. The topological polar surface area (TPSA) is 37.4 Å². The van der Waals surface area contributed by atoms with E-state index in [4.69, 9.17) is 0 Å². The largest absolute Gasteiger partial charge is 0.245 e. The molecule has 1 unspecified atom stereocenters. The summed E-state index contributed by atoms with van der Waals surface area (Å²) < 4.78 is 39.2. The van der Waals surface area contributed by atoms with Crippen LogP contribution in [0.3, 0.4) is 0 Å². The number of benzene rings is 1. The lowest BCUT2D eigenvalue weighted by atomic mass is 10.2. The minimum atomic E-state index is -3.67. The molecule has 0 aliphatic carbocycles. The van der Waals surface area contributed by atoms with Gasteiger partial charge in [0.1, 0.15) is 10.7 Å². The average molecular weight is 322 g/mol. The van der Waals surface area contributed by atoms with Gasteiger partial charge in [0.2, 0.25) is 10.0 Å². The molecule has 3 nitrogen and oxygen atoms in total. The number of halogens is 2. The lowest BCUT2D eigenvalue weighted by Crippen LogP contribution is -2.29. The second-order valence-corrected chi connectivity index (χ2v) is 6.66. The quantitative estimate of drug-likeness (QED) is 0.801. The summed E-state index contributed by atoms with van der Waals surface area (Å²) >= 11 is 3.35. The molecule has 1 aromatic carbocycles. The molecular formula is C11H13BrFNO2S. The predicted octanol–water partition coefficient (Wildman–Crippen LogP) is 2.23. The maximum absolute atomic E-state index is 13.5. The monoisotopic (exact) mass is 321 g/mol. The standard InChI is InChI=1S/C11H13BrFNO2S/c12-7-9-5-6-14(8-9)17(15,16)11-4-2-1-3-10(11)13/h1-4,9H,5-8H2. The Morgan fingerprint density at radius 2 is 2.12 bits per heavy atom. The van der Waals surface area contributed by atoms with E-state index in [0.29, 0.717) is 19.0 Å². The molecule has 17 heavy (non-hydrogen) atoms. The Labute approximate surface area is 109 Å². The number of alkyl halides is 1. The second-order valence-electron chi connectivity index (χ2n) is 4.10. The molecule has 0 saturated carbocycles. The van der Waals surface area contributed by atoms with E-state index in [1.807, 2.05) is 0 Å². The van der Waals surface area contributed by atoms with Crippen molar-refractivity contribution in [3.63, 3.8) is 0 Å². The molecule has 0 N–H and O–H groups in total. The zero-order valence-electron chi connectivity index (χ0n) is 9.14. The highest BCUT2D eigenvalue weighted by Gasteiger charge is 2.33. The Morgan fingerprint density at radius 3 is 2.71 bits per heavy atom. The lowest BCUT2D eigenvalue weighted by Gasteiger charge is -2.16. The summed E-state index contributed by atoms with van der Waals surface area (Å²) in [4.78, 5) is -0.227. The minimum absolute atomic E-state index is 0.227. The van der Waals surface area contributed by atoms with Gasteiger partial charge in [-0.1, -0.05) is 28.1 Å². The van der Waals surface area contributed by atoms with E-state index < -0.39 is 15.8 Å². The first-order valence-electron chi connectivity index (χ1n) is 5.36. The first kappa shape index (κ1) is 13.0. The summed E-state index contributed by atoms with van der Waals surface area (Å²) in [5.74, 6) is -0.369. The van der Waals surface area contributed by atoms with Crippen molar-refractivity contribution in [1.82, 2.24) is 4.31 Å². The zero-order chi connectivity index (χ0) is 12.5. The molecule has 0 spiro atoms. The van der Waals surface area contributed by atoms with Crippen molar-refractivity contribution < 1.29 is 12.8 Å². The average Bonchev–Trinajstić information content (AvgIpc) is 2.78. The van der Waals surface area contributed by atoms with Crippen LogP contribution in [0.25, 0.3) is 0 Å². The molecule has 1 aliphatic rings. The van der Waals surface area contributed by atoms with E-state index >= 15 is 0 Å². The summed E-state index contributed by atoms with van der Waals surface area (Å²) in [6, 6.07) is 5.50. The second kappa shape index (κ2) is 5.04. The molecule has 2 rings (SSSR count). The molecule has 0 radical (unpaired) electrons. The smallest absolute Gasteiger partial charge is 0.207 e. The van der Waals surface area contributed by atoms with Crippen molar-refractivity contribution in [1.29, 1.82) is 0 Å². The van der Waals surface area contributed by atoms with Crippen LogP contribution in [0.1, 0.15) is 6.42 Å². The SMILES string of the molecule is O=S(=O)(c1ccccc1F)N1CCC(CBr)C1. The molecule has 0 bridgehead atoms. The third kappa shape index (κ3) is 2.53. The molecule has 1 aromatic rings. The fourth-order valence-electron chi connectivity index (χ4n) is 1.93. The highest BCUT2D eigenvalue weighted by molar-refractivity contribution is 9.09. The fourth-order valence-corrected chi connectivity index (χ4v) is 4.06. The predicted molar refractivity (Wildman–Crippen MR) is 67.1 cm³/mol. The summed E-state index contributed by atoms with van der Waals surface area (Å²) in [6.45, 7) is 0.925. The van der Waals surface area contributed by atoms with Crippen LogP contribution >= 0.6 is 15.9 Å². The van der Waals surface area contributed by atoms with Gasteiger partial charge in [0.15, 0.2) is 0 Å². The van der Waals surface area contributed by atoms with Gasteiger partial charge in [0.25, 0.3) is 0 Å². The van der Waals surface area contributed by atoms with Crippen LogP contribution in [-0.4, -0.2) is 31.1 Å². The minimum Gasteiger partial charge on any atom is -0.207 e. The molecule has 0 amide bonds. The van der Waals surface area contributed by atoms with Gasteiger partial charge in [-0.2, -0.15) is 4.31 Å². The molecule has 6 heteroatoms. The number of nitrogens with zero attached hydrogens (tertiary/aromatic N) is 1. The maximum Gasteiger partial charge on any atom is 0.245 e. The van der Waals surface area contributed by atoms with Crippen LogP contribution < -0.4 is 0 Å². The van der Waals surface area contributed by atoms with Gasteiger partial charge in [-0.05, 0) is 24.5 Å². The lowest BCUT2D eigenvalue weighted by molar-refractivity contribution is 0.459. The summed E-state index contributed by atoms with van der Waals surface area (Å²) in [5.41, 5.74) is 0. The highest BCUT2D eigenvalue weighted by atomic mass is 79.9. The van der Waals surface area contributed by atoms with Crippen LogP contribution in [0.15, 0.2) is 29.2 Å². The third-order valence-corrected chi connectivity index (χ3v) is 5.74. The molecule has 0 aromatic heterocycles. The summed E-state index contributed by atoms with van der Waals surface area (Å²) in [7, 11) is -3.67. The molecular weight excluding hydrogens is 309 g/mol.